The van der Waals surface area contributed by atoms with Crippen LogP contribution in [0, 0.1) is 12.7 Å². The monoisotopic (exact) mass is 279 g/mol. The zero-order chi connectivity index (χ0) is 14.0. The zero-order valence-electron chi connectivity index (χ0n) is 10.4. The molecule has 2 N–H and O–H groups in total. The van der Waals surface area contributed by atoms with Crippen LogP contribution in [0.2, 0.25) is 0 Å². The van der Waals surface area contributed by atoms with E-state index in [-0.39, 0.29) is 16.3 Å². The van der Waals surface area contributed by atoms with Gasteiger partial charge in [-0.1, -0.05) is 29.8 Å². The number of nitrogens with two attached hydrogens (primary N) is 1. The van der Waals surface area contributed by atoms with Gasteiger partial charge in [-0.3, -0.25) is 0 Å². The maximum atomic E-state index is 13.7. The van der Waals surface area contributed by atoms with E-state index in [1.54, 1.807) is 18.2 Å². The summed E-state index contributed by atoms with van der Waals surface area (Å²) in [6, 6.07) is 10.7. The smallest absolute Gasteiger partial charge is 0.185 e. The molecule has 2 rings (SSSR count). The third-order valence-corrected chi connectivity index (χ3v) is 4.44. The van der Waals surface area contributed by atoms with Crippen LogP contribution < -0.4 is 5.73 Å². The number of hydrogen-bond acceptors (Lipinski definition) is 3. The number of anilines is 1. The van der Waals surface area contributed by atoms with Crippen molar-refractivity contribution in [3.05, 3.63) is 59.4 Å². The summed E-state index contributed by atoms with van der Waals surface area (Å²) in [6.45, 7) is 1.87. The lowest BCUT2D eigenvalue weighted by Gasteiger charge is -2.07. The maximum absolute atomic E-state index is 13.7. The molecule has 100 valence electrons. The fraction of sp³-hybridized carbons (Fsp3) is 0.143. The fourth-order valence-electron chi connectivity index (χ4n) is 1.87. The lowest BCUT2D eigenvalue weighted by Crippen LogP contribution is -2.07. The topological polar surface area (TPSA) is 60.2 Å². The third kappa shape index (κ3) is 3.12. The highest BCUT2D eigenvalue weighted by molar-refractivity contribution is 7.90. The van der Waals surface area contributed by atoms with Crippen LogP contribution in [0.3, 0.4) is 0 Å². The van der Waals surface area contributed by atoms with Crippen molar-refractivity contribution in [2.24, 2.45) is 0 Å². The minimum Gasteiger partial charge on any atom is -0.399 e. The third-order valence-electron chi connectivity index (χ3n) is 2.73. The van der Waals surface area contributed by atoms with E-state index in [0.717, 1.165) is 11.6 Å². The van der Waals surface area contributed by atoms with Crippen molar-refractivity contribution < 1.29 is 12.8 Å². The highest BCUT2D eigenvalue weighted by atomic mass is 32.2. The predicted octanol–water partition coefficient (Wildman–Crippen LogP) is 2.69. The molecule has 5 heteroatoms. The summed E-state index contributed by atoms with van der Waals surface area (Å²) in [6.07, 6.45) is 0. The van der Waals surface area contributed by atoms with E-state index < -0.39 is 15.7 Å². The van der Waals surface area contributed by atoms with Crippen LogP contribution in [-0.2, 0) is 15.6 Å². The van der Waals surface area contributed by atoms with Crippen molar-refractivity contribution in [2.45, 2.75) is 17.6 Å². The Hall–Kier alpha value is -1.88. The van der Waals surface area contributed by atoms with E-state index in [4.69, 9.17) is 5.73 Å². The van der Waals surface area contributed by atoms with Crippen molar-refractivity contribution >= 4 is 15.5 Å². The summed E-state index contributed by atoms with van der Waals surface area (Å²) >= 11 is 0. The van der Waals surface area contributed by atoms with Gasteiger partial charge in [-0.25, -0.2) is 12.8 Å². The summed E-state index contributed by atoms with van der Waals surface area (Å²) in [5, 5.41) is 0. The van der Waals surface area contributed by atoms with Crippen LogP contribution in [0.4, 0.5) is 10.1 Å². The Kier molecular flexibility index (Phi) is 3.57. The first-order valence-corrected chi connectivity index (χ1v) is 7.37. The van der Waals surface area contributed by atoms with Gasteiger partial charge in [0.15, 0.2) is 9.84 Å². The average Bonchev–Trinajstić information content (AvgIpc) is 2.27. The molecular weight excluding hydrogens is 265 g/mol. The van der Waals surface area contributed by atoms with Crippen LogP contribution in [0.1, 0.15) is 11.1 Å². The van der Waals surface area contributed by atoms with Crippen molar-refractivity contribution in [2.75, 3.05) is 5.73 Å². The largest absolute Gasteiger partial charge is 0.399 e. The van der Waals surface area contributed by atoms with E-state index in [0.29, 0.717) is 5.56 Å². The standard InChI is InChI=1S/C14H14FNO2S/c1-10-3-2-4-11(7-10)9-19(17,18)14-6-5-12(16)8-13(14)15/h2-8H,9,16H2,1H3. The second-order valence-electron chi connectivity index (χ2n) is 4.44. The Morgan fingerprint density at radius 1 is 1.16 bits per heavy atom. The first-order valence-electron chi connectivity index (χ1n) is 5.72. The molecule has 0 saturated heterocycles. The highest BCUT2D eigenvalue weighted by Crippen LogP contribution is 2.21. The number of rotatable bonds is 3. The quantitative estimate of drug-likeness (QED) is 0.879. The Labute approximate surface area is 111 Å². The van der Waals surface area contributed by atoms with Crippen LogP contribution in [0.15, 0.2) is 47.4 Å². The van der Waals surface area contributed by atoms with Gasteiger partial charge in [0, 0.05) is 5.69 Å². The van der Waals surface area contributed by atoms with Gasteiger partial charge in [-0.05, 0) is 30.7 Å². The Bertz CT molecular complexity index is 711. The van der Waals surface area contributed by atoms with Crippen molar-refractivity contribution in [3.63, 3.8) is 0 Å². The average molecular weight is 279 g/mol. The SMILES string of the molecule is Cc1cccc(CS(=O)(=O)c2ccc(N)cc2F)c1. The minimum absolute atomic E-state index is 0.201. The molecule has 19 heavy (non-hydrogen) atoms. The molecule has 0 radical (unpaired) electrons. The van der Waals surface area contributed by atoms with Gasteiger partial charge in [0.25, 0.3) is 0 Å². The zero-order valence-corrected chi connectivity index (χ0v) is 11.2. The molecule has 3 nitrogen and oxygen atoms in total. The van der Waals surface area contributed by atoms with Gasteiger partial charge in [0.1, 0.15) is 10.7 Å². The van der Waals surface area contributed by atoms with E-state index in [2.05, 4.69) is 0 Å². The lowest BCUT2D eigenvalue weighted by atomic mass is 10.2. The van der Waals surface area contributed by atoms with E-state index in [1.807, 2.05) is 13.0 Å². The number of sulfone groups is 1. The normalized spacial score (nSPS) is 11.5. The summed E-state index contributed by atoms with van der Waals surface area (Å²) in [5.41, 5.74) is 7.21. The highest BCUT2D eigenvalue weighted by Gasteiger charge is 2.19. The Balaban J connectivity index is 2.38. The number of halogens is 1. The predicted molar refractivity (Wildman–Crippen MR) is 72.9 cm³/mol. The Morgan fingerprint density at radius 2 is 1.89 bits per heavy atom. The molecule has 0 bridgehead atoms. The van der Waals surface area contributed by atoms with Crippen LogP contribution in [-0.4, -0.2) is 8.42 Å². The molecule has 0 aliphatic carbocycles. The van der Waals surface area contributed by atoms with Crippen LogP contribution in [0.5, 0.6) is 0 Å². The lowest BCUT2D eigenvalue weighted by molar-refractivity contribution is 0.567. The van der Waals surface area contributed by atoms with Gasteiger partial charge in [0.2, 0.25) is 0 Å². The number of benzene rings is 2. The number of aryl methyl sites for hydroxylation is 1. The summed E-state index contributed by atoms with van der Waals surface area (Å²) in [7, 11) is -3.71. The first kappa shape index (κ1) is 13.5. The van der Waals surface area contributed by atoms with Crippen molar-refractivity contribution in [3.8, 4) is 0 Å². The molecule has 0 aliphatic rings. The molecule has 0 aliphatic heterocycles. The van der Waals surface area contributed by atoms with E-state index >= 15 is 0 Å². The minimum atomic E-state index is -3.71. The first-order chi connectivity index (χ1) is 8.88. The molecule has 0 fully saturated rings. The molecule has 0 unspecified atom stereocenters. The number of hydrogen-bond donors (Lipinski definition) is 1. The van der Waals surface area contributed by atoms with Gasteiger partial charge >= 0.3 is 0 Å². The molecule has 0 heterocycles. The second kappa shape index (κ2) is 5.01. The van der Waals surface area contributed by atoms with E-state index in [1.165, 1.54) is 12.1 Å². The molecule has 0 atom stereocenters. The summed E-state index contributed by atoms with van der Waals surface area (Å²) < 4.78 is 38.0. The molecule has 2 aromatic rings. The van der Waals surface area contributed by atoms with Gasteiger partial charge in [-0.15, -0.1) is 0 Å². The maximum Gasteiger partial charge on any atom is 0.185 e. The second-order valence-corrected chi connectivity index (χ2v) is 6.40. The van der Waals surface area contributed by atoms with Gasteiger partial charge in [-0.2, -0.15) is 0 Å². The van der Waals surface area contributed by atoms with Crippen molar-refractivity contribution in [1.82, 2.24) is 0 Å². The molecule has 2 aromatic carbocycles. The van der Waals surface area contributed by atoms with E-state index in [9.17, 15) is 12.8 Å². The fourth-order valence-corrected chi connectivity index (χ4v) is 3.27. The van der Waals surface area contributed by atoms with Gasteiger partial charge < -0.3 is 5.73 Å². The summed E-state index contributed by atoms with van der Waals surface area (Å²) in [5.74, 6) is -1.04. The molecule has 0 aromatic heterocycles. The molecule has 0 saturated carbocycles. The number of nitrogen functional groups attached to an aromatic ring is 1. The summed E-state index contributed by atoms with van der Waals surface area (Å²) in [4.78, 5) is -0.316. The van der Waals surface area contributed by atoms with Crippen molar-refractivity contribution in [1.29, 1.82) is 0 Å². The molecule has 0 spiro atoms. The van der Waals surface area contributed by atoms with Crippen LogP contribution in [0.25, 0.3) is 0 Å². The van der Waals surface area contributed by atoms with Gasteiger partial charge in [0.05, 0.1) is 5.75 Å². The van der Waals surface area contributed by atoms with Crippen LogP contribution >= 0.6 is 0 Å². The molecule has 0 amide bonds. The molecular formula is C14H14FNO2S. The Morgan fingerprint density at radius 3 is 2.53 bits per heavy atom.